The van der Waals surface area contributed by atoms with Crippen molar-refractivity contribution in [3.8, 4) is 0 Å². The van der Waals surface area contributed by atoms with E-state index in [1.165, 1.54) is 47.6 Å². The first kappa shape index (κ1) is 14.5. The Morgan fingerprint density at radius 1 is 1.16 bits per heavy atom. The third kappa shape index (κ3) is 2.84. The van der Waals surface area contributed by atoms with E-state index in [9.17, 15) is 0 Å². The van der Waals surface area contributed by atoms with Crippen LogP contribution in [0.5, 0.6) is 0 Å². The van der Waals surface area contributed by atoms with Crippen molar-refractivity contribution in [2.75, 3.05) is 13.1 Å². The van der Waals surface area contributed by atoms with E-state index in [4.69, 9.17) is 4.98 Å². The molecule has 0 N–H and O–H groups in total. The van der Waals surface area contributed by atoms with Crippen LogP contribution in [0.25, 0.3) is 0 Å². The number of hydrogen-bond donors (Lipinski definition) is 0. The summed E-state index contributed by atoms with van der Waals surface area (Å²) in [5.41, 5.74) is 6.80. The topological polar surface area (TPSA) is 16.1 Å². The molecule has 19 heavy (non-hydrogen) atoms. The summed E-state index contributed by atoms with van der Waals surface area (Å²) < 4.78 is 0. The second kappa shape index (κ2) is 5.62. The third-order valence-electron chi connectivity index (χ3n) is 4.66. The number of nitrogens with zero attached hydrogens (tertiary/aromatic N) is 2. The first-order valence-electron chi connectivity index (χ1n) is 7.62. The Morgan fingerprint density at radius 2 is 1.79 bits per heavy atom. The Labute approximate surface area is 118 Å². The summed E-state index contributed by atoms with van der Waals surface area (Å²) in [5.74, 6) is 1.43. The first-order valence-corrected chi connectivity index (χ1v) is 7.62. The maximum Gasteiger partial charge on any atom is 0.0464 e. The Bertz CT molecular complexity index is 457. The number of likely N-dealkylation sites (tertiary alicyclic amines) is 1. The lowest BCUT2D eigenvalue weighted by Crippen LogP contribution is -2.45. The molecule has 0 unspecified atom stereocenters. The SMILES string of the molecule is CCC1CN(Cc2c(C)nc(C(C)C)c(C)c2C)C1. The molecule has 2 heteroatoms. The highest BCUT2D eigenvalue weighted by atomic mass is 15.2. The van der Waals surface area contributed by atoms with Crippen molar-refractivity contribution in [3.05, 3.63) is 28.1 Å². The number of pyridine rings is 1. The molecule has 2 nitrogen and oxygen atoms in total. The largest absolute Gasteiger partial charge is 0.298 e. The smallest absolute Gasteiger partial charge is 0.0464 e. The summed E-state index contributed by atoms with van der Waals surface area (Å²) in [7, 11) is 0. The van der Waals surface area contributed by atoms with Crippen LogP contribution in [-0.4, -0.2) is 23.0 Å². The average molecular weight is 260 g/mol. The van der Waals surface area contributed by atoms with Gasteiger partial charge in [-0.25, -0.2) is 0 Å². The molecule has 1 saturated heterocycles. The molecule has 0 aromatic carbocycles. The molecule has 1 aromatic rings. The molecule has 106 valence electrons. The van der Waals surface area contributed by atoms with E-state index >= 15 is 0 Å². The van der Waals surface area contributed by atoms with Crippen molar-refractivity contribution in [2.24, 2.45) is 5.92 Å². The van der Waals surface area contributed by atoms with Crippen molar-refractivity contribution >= 4 is 0 Å². The molecule has 1 fully saturated rings. The van der Waals surface area contributed by atoms with Crippen molar-refractivity contribution in [1.82, 2.24) is 9.88 Å². The van der Waals surface area contributed by atoms with Gasteiger partial charge in [0.1, 0.15) is 0 Å². The zero-order chi connectivity index (χ0) is 14.2. The van der Waals surface area contributed by atoms with Gasteiger partial charge >= 0.3 is 0 Å². The molecule has 2 heterocycles. The lowest BCUT2D eigenvalue weighted by molar-refractivity contribution is 0.0893. The van der Waals surface area contributed by atoms with Crippen LogP contribution in [0.1, 0.15) is 61.2 Å². The van der Waals surface area contributed by atoms with Gasteiger partial charge in [-0.2, -0.15) is 0 Å². The van der Waals surface area contributed by atoms with E-state index in [0.29, 0.717) is 5.92 Å². The van der Waals surface area contributed by atoms with E-state index in [0.717, 1.165) is 12.5 Å². The first-order chi connectivity index (χ1) is 8.93. The predicted octanol–water partition coefficient (Wildman–Crippen LogP) is 3.97. The second-order valence-electron chi connectivity index (χ2n) is 6.43. The molecule has 0 amide bonds. The Balaban J connectivity index is 2.20. The fourth-order valence-corrected chi connectivity index (χ4v) is 3.10. The summed E-state index contributed by atoms with van der Waals surface area (Å²) in [6, 6.07) is 0. The van der Waals surface area contributed by atoms with E-state index in [1.54, 1.807) is 0 Å². The molecule has 0 aliphatic carbocycles. The molecule has 0 spiro atoms. The van der Waals surface area contributed by atoms with Crippen LogP contribution in [0.2, 0.25) is 0 Å². The molecule has 0 bridgehead atoms. The Kier molecular flexibility index (Phi) is 4.29. The molecule has 1 aliphatic heterocycles. The van der Waals surface area contributed by atoms with Gasteiger partial charge in [0.05, 0.1) is 0 Å². The zero-order valence-electron chi connectivity index (χ0n) is 13.4. The summed E-state index contributed by atoms with van der Waals surface area (Å²) in [5, 5.41) is 0. The quantitative estimate of drug-likeness (QED) is 0.814. The average Bonchev–Trinajstić information content (AvgIpc) is 2.31. The molecule has 1 aliphatic rings. The van der Waals surface area contributed by atoms with Crippen LogP contribution in [0.3, 0.4) is 0 Å². The highest BCUT2D eigenvalue weighted by Crippen LogP contribution is 2.28. The summed E-state index contributed by atoms with van der Waals surface area (Å²) >= 11 is 0. The minimum atomic E-state index is 0.514. The highest BCUT2D eigenvalue weighted by Gasteiger charge is 2.26. The van der Waals surface area contributed by atoms with Crippen molar-refractivity contribution in [2.45, 2.75) is 60.4 Å². The van der Waals surface area contributed by atoms with Crippen LogP contribution >= 0.6 is 0 Å². The van der Waals surface area contributed by atoms with E-state index < -0.39 is 0 Å². The zero-order valence-corrected chi connectivity index (χ0v) is 13.4. The number of aromatic nitrogens is 1. The molecule has 1 aromatic heterocycles. The Hall–Kier alpha value is -0.890. The van der Waals surface area contributed by atoms with Gasteiger partial charge in [0.25, 0.3) is 0 Å². The van der Waals surface area contributed by atoms with Gasteiger partial charge < -0.3 is 0 Å². The second-order valence-corrected chi connectivity index (χ2v) is 6.43. The van der Waals surface area contributed by atoms with Gasteiger partial charge in [-0.15, -0.1) is 0 Å². The lowest BCUT2D eigenvalue weighted by Gasteiger charge is -2.39. The summed E-state index contributed by atoms with van der Waals surface area (Å²) in [6.45, 7) is 17.0. The standard InChI is InChI=1S/C17H28N2/c1-7-15-8-19(9-15)10-16-12(4)13(5)17(11(2)3)18-14(16)6/h11,15H,7-10H2,1-6H3. The van der Waals surface area contributed by atoms with Crippen LogP contribution in [0, 0.1) is 26.7 Å². The van der Waals surface area contributed by atoms with Gasteiger partial charge in [-0.05, 0) is 49.3 Å². The van der Waals surface area contributed by atoms with E-state index in [1.807, 2.05) is 0 Å². The van der Waals surface area contributed by atoms with Crippen LogP contribution in [0.15, 0.2) is 0 Å². The minimum absolute atomic E-state index is 0.514. The maximum absolute atomic E-state index is 4.86. The lowest BCUT2D eigenvalue weighted by atomic mass is 9.93. The predicted molar refractivity (Wildman–Crippen MR) is 81.6 cm³/mol. The van der Waals surface area contributed by atoms with Gasteiger partial charge in [0.15, 0.2) is 0 Å². The molecule has 2 rings (SSSR count). The van der Waals surface area contributed by atoms with E-state index in [2.05, 4.69) is 46.4 Å². The van der Waals surface area contributed by atoms with Crippen molar-refractivity contribution in [1.29, 1.82) is 0 Å². The fraction of sp³-hybridized carbons (Fsp3) is 0.706. The fourth-order valence-electron chi connectivity index (χ4n) is 3.10. The summed E-state index contributed by atoms with van der Waals surface area (Å²) in [4.78, 5) is 7.41. The molecule has 0 radical (unpaired) electrons. The van der Waals surface area contributed by atoms with Gasteiger partial charge in [0.2, 0.25) is 0 Å². The van der Waals surface area contributed by atoms with Crippen molar-refractivity contribution in [3.63, 3.8) is 0 Å². The van der Waals surface area contributed by atoms with Gasteiger partial charge in [-0.3, -0.25) is 9.88 Å². The maximum atomic E-state index is 4.86. The molecule has 0 saturated carbocycles. The number of aryl methyl sites for hydroxylation is 1. The van der Waals surface area contributed by atoms with Crippen LogP contribution < -0.4 is 0 Å². The molecular weight excluding hydrogens is 232 g/mol. The Morgan fingerprint density at radius 3 is 2.32 bits per heavy atom. The molecular formula is C17H28N2. The normalized spacial score (nSPS) is 17.0. The number of hydrogen-bond acceptors (Lipinski definition) is 2. The molecule has 0 atom stereocenters. The van der Waals surface area contributed by atoms with E-state index in [-0.39, 0.29) is 0 Å². The third-order valence-corrected chi connectivity index (χ3v) is 4.66. The minimum Gasteiger partial charge on any atom is -0.298 e. The summed E-state index contributed by atoms with van der Waals surface area (Å²) in [6.07, 6.45) is 1.32. The highest BCUT2D eigenvalue weighted by molar-refractivity contribution is 5.39. The van der Waals surface area contributed by atoms with Crippen LogP contribution in [0.4, 0.5) is 0 Å². The van der Waals surface area contributed by atoms with Crippen LogP contribution in [-0.2, 0) is 6.54 Å². The van der Waals surface area contributed by atoms with Gasteiger partial charge in [0, 0.05) is 31.0 Å². The monoisotopic (exact) mass is 260 g/mol. The van der Waals surface area contributed by atoms with Crippen molar-refractivity contribution < 1.29 is 0 Å². The van der Waals surface area contributed by atoms with Gasteiger partial charge in [-0.1, -0.05) is 27.2 Å². The number of rotatable bonds is 4.